The van der Waals surface area contributed by atoms with Crippen molar-refractivity contribution in [2.24, 2.45) is 5.41 Å². The summed E-state index contributed by atoms with van der Waals surface area (Å²) in [6.07, 6.45) is 4.02. The van der Waals surface area contributed by atoms with Crippen molar-refractivity contribution in [2.75, 3.05) is 13.2 Å². The summed E-state index contributed by atoms with van der Waals surface area (Å²) in [4.78, 5) is 18.6. The van der Waals surface area contributed by atoms with E-state index in [0.717, 1.165) is 31.2 Å². The van der Waals surface area contributed by atoms with Crippen LogP contribution in [-0.2, 0) is 16.2 Å². The second-order valence-corrected chi connectivity index (χ2v) is 12.9. The molecule has 0 amide bonds. The van der Waals surface area contributed by atoms with Gasteiger partial charge in [-0.05, 0) is 46.3 Å². The first-order valence-corrected chi connectivity index (χ1v) is 13.3. The van der Waals surface area contributed by atoms with Gasteiger partial charge in [-0.2, -0.15) is 0 Å². The third-order valence-electron chi connectivity index (χ3n) is 6.14. The minimum absolute atomic E-state index is 0.00427. The molecule has 6 heteroatoms. The molecule has 1 rings (SSSR count). The topological polar surface area (TPSA) is 90.2 Å². The van der Waals surface area contributed by atoms with E-state index in [-0.39, 0.29) is 34.9 Å². The minimum Gasteiger partial charge on any atom is -0.427 e. The lowest BCUT2D eigenvalue weighted by atomic mass is 9.68. The molecule has 0 saturated heterocycles. The number of aliphatic hydroxyl groups excluding tert-OH is 2. The lowest BCUT2D eigenvalue weighted by Crippen LogP contribution is -2.28. The summed E-state index contributed by atoms with van der Waals surface area (Å²) in [5.74, 6) is 0.571. The van der Waals surface area contributed by atoms with Crippen molar-refractivity contribution < 1.29 is 24.5 Å². The van der Waals surface area contributed by atoms with Crippen LogP contribution in [0.25, 0.3) is 0 Å². The van der Waals surface area contributed by atoms with Gasteiger partial charge in [-0.15, -0.1) is 0 Å². The molecular formula is C27H51O5P. The molecule has 0 fully saturated rings. The first kappa shape index (κ1) is 32.3. The summed E-state index contributed by atoms with van der Waals surface area (Å²) in [7, 11) is -2.43. The monoisotopic (exact) mass is 486 g/mol. The van der Waals surface area contributed by atoms with E-state index >= 15 is 0 Å². The van der Waals surface area contributed by atoms with E-state index in [1.54, 1.807) is 0 Å². The highest BCUT2D eigenvalue weighted by Gasteiger charge is 2.34. The zero-order valence-corrected chi connectivity index (χ0v) is 23.9. The van der Waals surface area contributed by atoms with Gasteiger partial charge in [0.2, 0.25) is 0 Å². The summed E-state index contributed by atoms with van der Waals surface area (Å²) >= 11 is 0. The Morgan fingerprint density at radius 2 is 1.24 bits per heavy atom. The SMILES string of the molecule is CC(C)(C)c1ccc(OP(O)O)c(C(C)(C)C)c1C(C)(C)C.CCCCC(CC)(CO)CO. The molecule has 0 aliphatic carbocycles. The standard InChI is InChI=1S/C18H31O3P.C9H20O2/c1-16(2,3)12-10-11-13(21-22(19)20)15(18(7,8)9)14(12)17(4,5)6;1-3-5-6-9(4-2,7-10)8-11/h10-11,19-20H,1-9H3;10-11H,3-8H2,1-2H3. The van der Waals surface area contributed by atoms with E-state index in [9.17, 15) is 9.79 Å². The van der Waals surface area contributed by atoms with Crippen LogP contribution in [0.15, 0.2) is 12.1 Å². The van der Waals surface area contributed by atoms with Gasteiger partial charge in [-0.1, -0.05) is 95.1 Å². The molecule has 0 radical (unpaired) electrons. The molecule has 4 N–H and O–H groups in total. The number of aliphatic hydroxyl groups is 2. The molecule has 0 heterocycles. The summed E-state index contributed by atoms with van der Waals surface area (Å²) < 4.78 is 5.35. The molecule has 0 saturated carbocycles. The molecule has 1 aromatic carbocycles. The van der Waals surface area contributed by atoms with Gasteiger partial charge in [-0.25, -0.2) is 0 Å². The number of benzene rings is 1. The number of hydrogen-bond donors (Lipinski definition) is 4. The van der Waals surface area contributed by atoms with Crippen LogP contribution in [0.5, 0.6) is 5.75 Å². The zero-order chi connectivity index (χ0) is 26.3. The molecule has 0 spiro atoms. The fraction of sp³-hybridized carbons (Fsp3) is 0.778. The van der Waals surface area contributed by atoms with Gasteiger partial charge in [0.25, 0.3) is 0 Å². The van der Waals surface area contributed by atoms with Crippen molar-refractivity contribution >= 4 is 8.60 Å². The number of unbranched alkanes of at least 4 members (excludes halogenated alkanes) is 1. The van der Waals surface area contributed by atoms with E-state index in [1.165, 1.54) is 11.1 Å². The van der Waals surface area contributed by atoms with Gasteiger partial charge in [0.05, 0.1) is 13.2 Å². The molecule has 0 aromatic heterocycles. The van der Waals surface area contributed by atoms with Crippen molar-refractivity contribution in [3.05, 3.63) is 28.8 Å². The molecule has 33 heavy (non-hydrogen) atoms. The van der Waals surface area contributed by atoms with Gasteiger partial charge in [0, 0.05) is 11.0 Å². The molecule has 1 aromatic rings. The van der Waals surface area contributed by atoms with E-state index in [2.05, 4.69) is 75.3 Å². The third kappa shape index (κ3) is 9.82. The molecule has 0 atom stereocenters. The maximum atomic E-state index is 9.32. The van der Waals surface area contributed by atoms with Gasteiger partial charge < -0.3 is 24.5 Å². The largest absolute Gasteiger partial charge is 0.427 e. The molecule has 5 nitrogen and oxygen atoms in total. The maximum Gasteiger partial charge on any atom is 0.391 e. The lowest BCUT2D eigenvalue weighted by molar-refractivity contribution is 0.0420. The highest BCUT2D eigenvalue weighted by Crippen LogP contribution is 2.47. The van der Waals surface area contributed by atoms with Gasteiger partial charge in [0.1, 0.15) is 5.75 Å². The first-order chi connectivity index (χ1) is 14.9. The van der Waals surface area contributed by atoms with Crippen LogP contribution in [0.2, 0.25) is 0 Å². The Kier molecular flexibility index (Phi) is 12.6. The van der Waals surface area contributed by atoms with Crippen LogP contribution in [0, 0.1) is 5.41 Å². The van der Waals surface area contributed by atoms with Crippen molar-refractivity contribution in [2.45, 2.75) is 118 Å². The molecule has 0 aliphatic heterocycles. The summed E-state index contributed by atoms with van der Waals surface area (Å²) in [6, 6.07) is 3.93. The van der Waals surface area contributed by atoms with E-state index < -0.39 is 8.60 Å². The second-order valence-electron chi connectivity index (χ2n) is 12.2. The molecule has 194 valence electrons. The van der Waals surface area contributed by atoms with Crippen LogP contribution in [0.3, 0.4) is 0 Å². The Labute approximate surface area is 204 Å². The smallest absolute Gasteiger partial charge is 0.391 e. The first-order valence-electron chi connectivity index (χ1n) is 12.2. The van der Waals surface area contributed by atoms with Crippen molar-refractivity contribution in [3.63, 3.8) is 0 Å². The highest BCUT2D eigenvalue weighted by atomic mass is 31.2. The fourth-order valence-corrected chi connectivity index (χ4v) is 4.38. The Morgan fingerprint density at radius 3 is 1.55 bits per heavy atom. The second kappa shape index (κ2) is 12.8. The Balaban J connectivity index is 0.000000785. The lowest BCUT2D eigenvalue weighted by Gasteiger charge is -2.37. The Bertz CT molecular complexity index is 697. The van der Waals surface area contributed by atoms with Gasteiger partial charge in [0.15, 0.2) is 0 Å². The normalized spacial score (nSPS) is 13.1. The molecular weight excluding hydrogens is 435 g/mol. The van der Waals surface area contributed by atoms with Crippen LogP contribution in [-0.4, -0.2) is 33.2 Å². The van der Waals surface area contributed by atoms with E-state index in [1.807, 2.05) is 13.0 Å². The zero-order valence-electron chi connectivity index (χ0n) is 23.0. The summed E-state index contributed by atoms with van der Waals surface area (Å²) in [5, 5.41) is 18.1. The highest BCUT2D eigenvalue weighted by molar-refractivity contribution is 7.39. The third-order valence-corrected chi connectivity index (χ3v) is 6.50. The maximum absolute atomic E-state index is 9.32. The summed E-state index contributed by atoms with van der Waals surface area (Å²) in [5.41, 5.74) is 3.13. The van der Waals surface area contributed by atoms with E-state index in [4.69, 9.17) is 14.7 Å². The number of rotatable bonds is 8. The van der Waals surface area contributed by atoms with Crippen LogP contribution < -0.4 is 4.52 Å². The fourth-order valence-electron chi connectivity index (χ4n) is 4.06. The van der Waals surface area contributed by atoms with Crippen LogP contribution in [0.4, 0.5) is 0 Å². The van der Waals surface area contributed by atoms with Crippen molar-refractivity contribution in [1.82, 2.24) is 0 Å². The number of hydrogen-bond acceptors (Lipinski definition) is 5. The molecule has 0 unspecified atom stereocenters. The average molecular weight is 487 g/mol. The minimum atomic E-state index is -2.43. The van der Waals surface area contributed by atoms with Crippen molar-refractivity contribution in [1.29, 1.82) is 0 Å². The van der Waals surface area contributed by atoms with Crippen LogP contribution in [0.1, 0.15) is 119 Å². The molecule has 0 aliphatic rings. The predicted octanol–water partition coefficient (Wildman–Crippen LogP) is 6.73. The summed E-state index contributed by atoms with van der Waals surface area (Å²) in [6.45, 7) is 23.9. The van der Waals surface area contributed by atoms with Gasteiger partial charge in [-0.3, -0.25) is 0 Å². The quantitative estimate of drug-likeness (QED) is 0.306. The van der Waals surface area contributed by atoms with Crippen LogP contribution >= 0.6 is 8.60 Å². The Morgan fingerprint density at radius 1 is 0.758 bits per heavy atom. The Hall–Kier alpha value is -0.710. The van der Waals surface area contributed by atoms with Gasteiger partial charge >= 0.3 is 8.60 Å². The van der Waals surface area contributed by atoms with E-state index in [0.29, 0.717) is 5.75 Å². The average Bonchev–Trinajstić information content (AvgIpc) is 2.67. The predicted molar refractivity (Wildman–Crippen MR) is 141 cm³/mol. The van der Waals surface area contributed by atoms with Crippen molar-refractivity contribution in [3.8, 4) is 5.75 Å². The molecule has 0 bridgehead atoms.